The van der Waals surface area contributed by atoms with E-state index < -0.39 is 8.80 Å². The molecule has 0 saturated carbocycles. The SMILES string of the molecule is CCC1OC1CCCC[Si](OC)(OC)OC. The van der Waals surface area contributed by atoms with Crippen LogP contribution in [0.5, 0.6) is 0 Å². The second-order valence-corrected chi connectivity index (χ2v) is 7.25. The summed E-state index contributed by atoms with van der Waals surface area (Å²) >= 11 is 0. The van der Waals surface area contributed by atoms with Gasteiger partial charge in [-0.25, -0.2) is 0 Å². The number of unbranched alkanes of at least 4 members (excludes halogenated alkanes) is 1. The van der Waals surface area contributed by atoms with Gasteiger partial charge in [0.15, 0.2) is 0 Å². The first kappa shape index (κ1) is 14.1. The minimum absolute atomic E-state index is 0.508. The molecule has 2 unspecified atom stereocenters. The normalized spacial score (nSPS) is 24.8. The summed E-state index contributed by atoms with van der Waals surface area (Å²) < 4.78 is 21.6. The molecule has 0 radical (unpaired) electrons. The third-order valence-electron chi connectivity index (χ3n) is 3.24. The van der Waals surface area contributed by atoms with Crippen LogP contribution >= 0.6 is 0 Å². The Hall–Kier alpha value is 0.0569. The predicted molar refractivity (Wildman–Crippen MR) is 64.4 cm³/mol. The minimum atomic E-state index is -2.34. The quantitative estimate of drug-likeness (QED) is 0.356. The third-order valence-corrected chi connectivity index (χ3v) is 6.08. The van der Waals surface area contributed by atoms with E-state index in [1.54, 1.807) is 21.3 Å². The smallest absolute Gasteiger partial charge is 0.377 e. The van der Waals surface area contributed by atoms with E-state index >= 15 is 0 Å². The molecule has 1 fully saturated rings. The summed E-state index contributed by atoms with van der Waals surface area (Å²) in [5.74, 6) is 0. The van der Waals surface area contributed by atoms with Gasteiger partial charge >= 0.3 is 8.80 Å². The predicted octanol–water partition coefficient (Wildman–Crippen LogP) is 2.21. The fourth-order valence-electron chi connectivity index (χ4n) is 2.04. The molecule has 1 aliphatic rings. The zero-order valence-electron chi connectivity index (χ0n) is 10.8. The zero-order valence-corrected chi connectivity index (χ0v) is 11.8. The Labute approximate surface area is 99.6 Å². The Morgan fingerprint density at radius 3 is 2.06 bits per heavy atom. The molecule has 96 valence electrons. The Morgan fingerprint density at radius 2 is 1.62 bits per heavy atom. The summed E-state index contributed by atoms with van der Waals surface area (Å²) in [6, 6.07) is 0.889. The lowest BCUT2D eigenvalue weighted by atomic mass is 10.1. The number of epoxide rings is 1. The van der Waals surface area contributed by atoms with Crippen molar-refractivity contribution in [1.82, 2.24) is 0 Å². The topological polar surface area (TPSA) is 40.2 Å². The second kappa shape index (κ2) is 6.71. The largest absolute Gasteiger partial charge is 0.500 e. The van der Waals surface area contributed by atoms with Crippen molar-refractivity contribution in [2.45, 2.75) is 50.9 Å². The van der Waals surface area contributed by atoms with Gasteiger partial charge in [0.25, 0.3) is 0 Å². The van der Waals surface area contributed by atoms with E-state index in [1.807, 2.05) is 0 Å². The highest BCUT2D eigenvalue weighted by atomic mass is 28.4. The van der Waals surface area contributed by atoms with Crippen LogP contribution in [0.4, 0.5) is 0 Å². The Bertz CT molecular complexity index is 188. The van der Waals surface area contributed by atoms with Gasteiger partial charge in [-0.3, -0.25) is 0 Å². The van der Waals surface area contributed by atoms with E-state index in [4.69, 9.17) is 18.0 Å². The molecule has 0 aromatic heterocycles. The molecular formula is C11H24O4Si. The van der Waals surface area contributed by atoms with Gasteiger partial charge in [-0.05, 0) is 19.3 Å². The average Bonchev–Trinajstić information content (AvgIpc) is 3.09. The standard InChI is InChI=1S/C11H24O4Si/c1-5-10-11(15-10)8-6-7-9-16(12-2,13-3)14-4/h10-11H,5-9H2,1-4H3. The van der Waals surface area contributed by atoms with Crippen LogP contribution in [0, 0.1) is 0 Å². The maximum absolute atomic E-state index is 5.49. The summed E-state index contributed by atoms with van der Waals surface area (Å²) in [6.45, 7) is 2.17. The van der Waals surface area contributed by atoms with Crippen LogP contribution in [0.3, 0.4) is 0 Å². The van der Waals surface area contributed by atoms with Crippen LogP contribution in [0.1, 0.15) is 32.6 Å². The summed E-state index contributed by atoms with van der Waals surface area (Å²) in [7, 11) is 2.65. The highest BCUT2D eigenvalue weighted by Crippen LogP contribution is 2.30. The molecule has 5 heteroatoms. The van der Waals surface area contributed by atoms with Crippen molar-refractivity contribution in [2.24, 2.45) is 0 Å². The van der Waals surface area contributed by atoms with Crippen LogP contribution in [-0.2, 0) is 18.0 Å². The lowest BCUT2D eigenvalue weighted by Crippen LogP contribution is -2.42. The maximum atomic E-state index is 5.49. The van der Waals surface area contributed by atoms with Gasteiger partial charge in [-0.1, -0.05) is 13.3 Å². The fraction of sp³-hybridized carbons (Fsp3) is 1.00. The molecule has 16 heavy (non-hydrogen) atoms. The van der Waals surface area contributed by atoms with E-state index in [-0.39, 0.29) is 0 Å². The molecule has 0 aliphatic carbocycles. The van der Waals surface area contributed by atoms with E-state index in [9.17, 15) is 0 Å². The Kier molecular flexibility index (Phi) is 5.92. The molecule has 0 aromatic carbocycles. The van der Waals surface area contributed by atoms with Crippen molar-refractivity contribution in [1.29, 1.82) is 0 Å². The van der Waals surface area contributed by atoms with Crippen molar-refractivity contribution in [3.63, 3.8) is 0 Å². The van der Waals surface area contributed by atoms with Crippen LogP contribution in [0.2, 0.25) is 6.04 Å². The van der Waals surface area contributed by atoms with Gasteiger partial charge in [-0.2, -0.15) is 0 Å². The van der Waals surface area contributed by atoms with Gasteiger partial charge in [0.2, 0.25) is 0 Å². The molecule has 2 atom stereocenters. The monoisotopic (exact) mass is 248 g/mol. The minimum Gasteiger partial charge on any atom is -0.377 e. The van der Waals surface area contributed by atoms with Crippen molar-refractivity contribution in [3.05, 3.63) is 0 Å². The number of ether oxygens (including phenoxy) is 1. The van der Waals surface area contributed by atoms with Crippen molar-refractivity contribution >= 4 is 8.80 Å². The molecule has 0 amide bonds. The number of rotatable bonds is 9. The highest BCUT2D eigenvalue weighted by molar-refractivity contribution is 6.60. The first-order chi connectivity index (χ1) is 7.71. The molecule has 1 aliphatic heterocycles. The summed E-state index contributed by atoms with van der Waals surface area (Å²) in [6.07, 6.45) is 5.56. The molecule has 1 rings (SSSR count). The average molecular weight is 248 g/mol. The molecule has 4 nitrogen and oxygen atoms in total. The molecule has 1 saturated heterocycles. The third kappa shape index (κ3) is 3.82. The van der Waals surface area contributed by atoms with E-state index in [2.05, 4.69) is 6.92 Å². The first-order valence-electron chi connectivity index (χ1n) is 6.02. The number of hydrogen-bond acceptors (Lipinski definition) is 4. The summed E-state index contributed by atoms with van der Waals surface area (Å²) in [4.78, 5) is 0. The van der Waals surface area contributed by atoms with E-state index in [1.165, 1.54) is 0 Å². The van der Waals surface area contributed by atoms with Crippen molar-refractivity contribution in [3.8, 4) is 0 Å². The lowest BCUT2D eigenvalue weighted by Gasteiger charge is -2.24. The van der Waals surface area contributed by atoms with Crippen LogP contribution in [0.15, 0.2) is 0 Å². The summed E-state index contributed by atoms with van der Waals surface area (Å²) in [5.41, 5.74) is 0. The maximum Gasteiger partial charge on any atom is 0.500 e. The second-order valence-electron chi connectivity index (χ2n) is 4.16. The van der Waals surface area contributed by atoms with Gasteiger partial charge < -0.3 is 18.0 Å². The van der Waals surface area contributed by atoms with Crippen LogP contribution in [0.25, 0.3) is 0 Å². The van der Waals surface area contributed by atoms with E-state index in [0.29, 0.717) is 12.2 Å². The molecule has 1 heterocycles. The van der Waals surface area contributed by atoms with Crippen molar-refractivity contribution < 1.29 is 18.0 Å². The molecule has 0 bridgehead atoms. The van der Waals surface area contributed by atoms with Crippen LogP contribution in [-0.4, -0.2) is 42.3 Å². The molecule has 0 aromatic rings. The van der Waals surface area contributed by atoms with Crippen molar-refractivity contribution in [2.75, 3.05) is 21.3 Å². The number of hydrogen-bond donors (Lipinski definition) is 0. The zero-order chi connectivity index (χ0) is 12.0. The van der Waals surface area contributed by atoms with Gasteiger partial charge in [-0.15, -0.1) is 0 Å². The van der Waals surface area contributed by atoms with Crippen LogP contribution < -0.4 is 0 Å². The fourth-order valence-corrected chi connectivity index (χ4v) is 3.83. The molecule has 0 spiro atoms. The van der Waals surface area contributed by atoms with Gasteiger partial charge in [0, 0.05) is 27.4 Å². The Balaban J connectivity index is 2.09. The highest BCUT2D eigenvalue weighted by Gasteiger charge is 2.38. The van der Waals surface area contributed by atoms with E-state index in [0.717, 1.165) is 31.7 Å². The Morgan fingerprint density at radius 1 is 1.00 bits per heavy atom. The molecule has 0 N–H and O–H groups in total. The van der Waals surface area contributed by atoms with Gasteiger partial charge in [0.1, 0.15) is 0 Å². The first-order valence-corrected chi connectivity index (χ1v) is 7.95. The molecular weight excluding hydrogens is 224 g/mol. The lowest BCUT2D eigenvalue weighted by molar-refractivity contribution is 0.122. The van der Waals surface area contributed by atoms with Gasteiger partial charge in [0.05, 0.1) is 12.2 Å². The summed E-state index contributed by atoms with van der Waals surface area (Å²) in [5, 5.41) is 0.